The molecule has 1 aliphatic rings. The SMILES string of the molecule is O=C(NC[C@H]1O[C@H](O)CC[C@@H]1O)OCc1ccccc1. The third kappa shape index (κ3) is 4.48. The van der Waals surface area contributed by atoms with Crippen LogP contribution in [0.2, 0.25) is 0 Å². The van der Waals surface area contributed by atoms with Gasteiger partial charge in [-0.2, -0.15) is 0 Å². The summed E-state index contributed by atoms with van der Waals surface area (Å²) in [5.41, 5.74) is 0.895. The van der Waals surface area contributed by atoms with Gasteiger partial charge in [-0.05, 0) is 12.0 Å². The highest BCUT2D eigenvalue weighted by Crippen LogP contribution is 2.17. The number of aliphatic hydroxyl groups is 2. The Kier molecular flexibility index (Phi) is 5.34. The second kappa shape index (κ2) is 7.23. The van der Waals surface area contributed by atoms with Gasteiger partial charge in [-0.3, -0.25) is 0 Å². The maximum Gasteiger partial charge on any atom is 0.407 e. The molecule has 1 fully saturated rings. The summed E-state index contributed by atoms with van der Waals surface area (Å²) in [5, 5.41) is 21.5. The number of alkyl carbamates (subject to hydrolysis) is 1. The molecule has 1 aromatic carbocycles. The van der Waals surface area contributed by atoms with Gasteiger partial charge in [0, 0.05) is 13.0 Å². The Bertz CT molecular complexity index is 425. The molecule has 0 bridgehead atoms. The molecule has 0 unspecified atom stereocenters. The van der Waals surface area contributed by atoms with E-state index in [9.17, 15) is 15.0 Å². The molecule has 1 heterocycles. The Morgan fingerprint density at radius 3 is 2.80 bits per heavy atom. The summed E-state index contributed by atoms with van der Waals surface area (Å²) in [6, 6.07) is 9.33. The van der Waals surface area contributed by atoms with Crippen LogP contribution < -0.4 is 5.32 Å². The molecule has 2 rings (SSSR count). The molecule has 1 aliphatic heterocycles. The molecule has 110 valence electrons. The van der Waals surface area contributed by atoms with Crippen molar-refractivity contribution in [1.29, 1.82) is 0 Å². The summed E-state index contributed by atoms with van der Waals surface area (Å²) in [6.07, 6.45) is -1.91. The van der Waals surface area contributed by atoms with Gasteiger partial charge in [-0.25, -0.2) is 4.79 Å². The van der Waals surface area contributed by atoms with Crippen LogP contribution in [0.1, 0.15) is 18.4 Å². The highest BCUT2D eigenvalue weighted by atomic mass is 16.6. The van der Waals surface area contributed by atoms with Crippen LogP contribution in [0.15, 0.2) is 30.3 Å². The predicted molar refractivity (Wildman–Crippen MR) is 70.8 cm³/mol. The van der Waals surface area contributed by atoms with Crippen LogP contribution in [-0.2, 0) is 16.1 Å². The number of ether oxygens (including phenoxy) is 2. The van der Waals surface area contributed by atoms with Crippen molar-refractivity contribution < 1.29 is 24.5 Å². The number of amides is 1. The average molecular weight is 281 g/mol. The summed E-state index contributed by atoms with van der Waals surface area (Å²) in [5.74, 6) is 0. The van der Waals surface area contributed by atoms with Gasteiger partial charge in [0.1, 0.15) is 12.7 Å². The molecule has 0 aliphatic carbocycles. The average Bonchev–Trinajstić information content (AvgIpc) is 2.47. The van der Waals surface area contributed by atoms with E-state index in [4.69, 9.17) is 9.47 Å². The number of hydrogen-bond donors (Lipinski definition) is 3. The number of nitrogens with one attached hydrogen (secondary N) is 1. The second-order valence-corrected chi connectivity index (χ2v) is 4.72. The lowest BCUT2D eigenvalue weighted by atomic mass is 10.1. The Morgan fingerprint density at radius 1 is 1.30 bits per heavy atom. The minimum absolute atomic E-state index is 0.103. The van der Waals surface area contributed by atoms with E-state index in [-0.39, 0.29) is 13.2 Å². The predicted octanol–water partition coefficient (Wildman–Crippen LogP) is 0.771. The summed E-state index contributed by atoms with van der Waals surface area (Å²) in [6.45, 7) is 0.287. The molecule has 6 heteroatoms. The van der Waals surface area contributed by atoms with Crippen LogP contribution in [-0.4, -0.2) is 41.3 Å². The second-order valence-electron chi connectivity index (χ2n) is 4.72. The summed E-state index contributed by atoms with van der Waals surface area (Å²) in [4.78, 5) is 11.5. The van der Waals surface area contributed by atoms with E-state index >= 15 is 0 Å². The third-order valence-electron chi connectivity index (χ3n) is 3.13. The largest absolute Gasteiger partial charge is 0.445 e. The molecular weight excluding hydrogens is 262 g/mol. The zero-order chi connectivity index (χ0) is 14.4. The van der Waals surface area contributed by atoms with Crippen molar-refractivity contribution in [3.05, 3.63) is 35.9 Å². The van der Waals surface area contributed by atoms with Crippen LogP contribution in [0.25, 0.3) is 0 Å². The Hall–Kier alpha value is -1.63. The molecule has 1 saturated heterocycles. The fraction of sp³-hybridized carbons (Fsp3) is 0.500. The molecule has 1 amide bonds. The zero-order valence-electron chi connectivity index (χ0n) is 11.1. The minimum Gasteiger partial charge on any atom is -0.445 e. The van der Waals surface area contributed by atoms with Crippen molar-refractivity contribution in [1.82, 2.24) is 5.32 Å². The molecule has 1 aromatic rings. The molecular formula is C14H19NO5. The summed E-state index contributed by atoms with van der Waals surface area (Å²) < 4.78 is 10.2. The van der Waals surface area contributed by atoms with Gasteiger partial charge in [0.15, 0.2) is 6.29 Å². The number of carbonyl (C=O) groups is 1. The van der Waals surface area contributed by atoms with Gasteiger partial charge in [0.25, 0.3) is 0 Å². The maximum absolute atomic E-state index is 11.5. The van der Waals surface area contributed by atoms with E-state index in [1.54, 1.807) is 0 Å². The van der Waals surface area contributed by atoms with Crippen LogP contribution in [0.5, 0.6) is 0 Å². The molecule has 3 atom stereocenters. The van der Waals surface area contributed by atoms with Crippen LogP contribution in [0.4, 0.5) is 4.79 Å². The first kappa shape index (κ1) is 14.8. The van der Waals surface area contributed by atoms with E-state index in [2.05, 4.69) is 5.32 Å². The molecule has 0 aromatic heterocycles. The molecule has 0 spiro atoms. The van der Waals surface area contributed by atoms with Gasteiger partial charge in [-0.15, -0.1) is 0 Å². The molecule has 3 N–H and O–H groups in total. The topological polar surface area (TPSA) is 88.0 Å². The number of hydrogen-bond acceptors (Lipinski definition) is 5. The lowest BCUT2D eigenvalue weighted by Gasteiger charge is -2.31. The quantitative estimate of drug-likeness (QED) is 0.758. The van der Waals surface area contributed by atoms with Gasteiger partial charge in [-0.1, -0.05) is 30.3 Å². The van der Waals surface area contributed by atoms with Gasteiger partial charge >= 0.3 is 6.09 Å². The van der Waals surface area contributed by atoms with Crippen molar-refractivity contribution in [2.24, 2.45) is 0 Å². The van der Waals surface area contributed by atoms with E-state index in [1.807, 2.05) is 30.3 Å². The van der Waals surface area contributed by atoms with Crippen LogP contribution >= 0.6 is 0 Å². The highest BCUT2D eigenvalue weighted by molar-refractivity contribution is 5.67. The lowest BCUT2D eigenvalue weighted by Crippen LogP contribution is -2.46. The fourth-order valence-electron chi connectivity index (χ4n) is 2.00. The van der Waals surface area contributed by atoms with Gasteiger partial charge in [0.2, 0.25) is 0 Å². The van der Waals surface area contributed by atoms with Crippen molar-refractivity contribution in [2.45, 2.75) is 37.9 Å². The Labute approximate surface area is 117 Å². The minimum atomic E-state index is -0.884. The Balaban J connectivity index is 1.69. The smallest absolute Gasteiger partial charge is 0.407 e. The molecule has 6 nitrogen and oxygen atoms in total. The van der Waals surface area contributed by atoms with E-state index in [0.29, 0.717) is 12.8 Å². The van der Waals surface area contributed by atoms with Crippen molar-refractivity contribution in [3.8, 4) is 0 Å². The number of benzene rings is 1. The molecule has 20 heavy (non-hydrogen) atoms. The fourth-order valence-corrected chi connectivity index (χ4v) is 2.00. The number of rotatable bonds is 4. The monoisotopic (exact) mass is 281 g/mol. The first-order valence-electron chi connectivity index (χ1n) is 6.61. The lowest BCUT2D eigenvalue weighted by molar-refractivity contribution is -0.196. The number of aliphatic hydroxyl groups excluding tert-OH is 2. The van der Waals surface area contributed by atoms with Gasteiger partial charge in [0.05, 0.1) is 6.10 Å². The normalized spacial score (nSPS) is 26.0. The maximum atomic E-state index is 11.5. The first-order valence-corrected chi connectivity index (χ1v) is 6.61. The van der Waals surface area contributed by atoms with E-state index < -0.39 is 24.6 Å². The van der Waals surface area contributed by atoms with Crippen molar-refractivity contribution >= 4 is 6.09 Å². The van der Waals surface area contributed by atoms with Crippen LogP contribution in [0.3, 0.4) is 0 Å². The van der Waals surface area contributed by atoms with Crippen molar-refractivity contribution in [3.63, 3.8) is 0 Å². The first-order chi connectivity index (χ1) is 9.65. The third-order valence-corrected chi connectivity index (χ3v) is 3.13. The van der Waals surface area contributed by atoms with Crippen molar-refractivity contribution in [2.75, 3.05) is 6.54 Å². The molecule has 0 saturated carbocycles. The van der Waals surface area contributed by atoms with E-state index in [0.717, 1.165) is 5.56 Å². The van der Waals surface area contributed by atoms with E-state index in [1.165, 1.54) is 0 Å². The number of carbonyl (C=O) groups excluding carboxylic acids is 1. The summed E-state index contributed by atoms with van der Waals surface area (Å²) in [7, 11) is 0. The zero-order valence-corrected chi connectivity index (χ0v) is 11.1. The van der Waals surface area contributed by atoms with Crippen LogP contribution in [0, 0.1) is 0 Å². The highest BCUT2D eigenvalue weighted by Gasteiger charge is 2.29. The standard InChI is InChI=1S/C14H19NO5/c16-11-6-7-13(17)20-12(11)8-15-14(18)19-9-10-4-2-1-3-5-10/h1-5,11-13,16-17H,6-9H2,(H,15,18)/t11-,12+,13-/m0/s1. The summed E-state index contributed by atoms with van der Waals surface area (Å²) >= 11 is 0. The molecule has 0 radical (unpaired) electrons. The van der Waals surface area contributed by atoms with Gasteiger partial charge < -0.3 is 25.0 Å². The Morgan fingerprint density at radius 2 is 2.05 bits per heavy atom.